The van der Waals surface area contributed by atoms with Crippen LogP contribution in [0.4, 0.5) is 9.18 Å². The van der Waals surface area contributed by atoms with Gasteiger partial charge in [-0.25, -0.2) is 9.18 Å². The van der Waals surface area contributed by atoms with Crippen LogP contribution in [0.3, 0.4) is 0 Å². The number of benzene rings is 1. The van der Waals surface area contributed by atoms with Gasteiger partial charge in [-0.3, -0.25) is 4.79 Å². The Kier molecular flexibility index (Phi) is 4.37. The molecule has 124 valence electrons. The summed E-state index contributed by atoms with van der Waals surface area (Å²) in [7, 11) is 0. The number of fused-ring (bicyclic) bond motifs is 2. The summed E-state index contributed by atoms with van der Waals surface area (Å²) in [6.07, 6.45) is -0.543. The number of rotatable bonds is 0. The van der Waals surface area contributed by atoms with Crippen molar-refractivity contribution in [2.24, 2.45) is 0 Å². The van der Waals surface area contributed by atoms with Gasteiger partial charge in [-0.05, 0) is 22.0 Å². The van der Waals surface area contributed by atoms with Gasteiger partial charge in [-0.15, -0.1) is 0 Å². The number of nitrogens with zero attached hydrogens (tertiary/aromatic N) is 2. The molecule has 0 aliphatic carbocycles. The van der Waals surface area contributed by atoms with Gasteiger partial charge in [0.15, 0.2) is 5.75 Å². The van der Waals surface area contributed by atoms with Crippen LogP contribution in [-0.2, 0) is 0 Å². The number of carbonyl (C=O) groups excluding carboxylic acids is 1. The molecular weight excluding hydrogens is 395 g/mol. The lowest BCUT2D eigenvalue weighted by molar-refractivity contribution is 0.0374. The molecule has 0 aromatic heterocycles. The first-order valence-corrected chi connectivity index (χ1v) is 8.16. The van der Waals surface area contributed by atoms with E-state index in [2.05, 4.69) is 15.9 Å². The third-order valence-corrected chi connectivity index (χ3v) is 5.42. The second kappa shape index (κ2) is 6.16. The van der Waals surface area contributed by atoms with E-state index in [1.54, 1.807) is 4.90 Å². The van der Waals surface area contributed by atoms with Crippen molar-refractivity contribution in [3.63, 3.8) is 0 Å². The summed E-state index contributed by atoms with van der Waals surface area (Å²) >= 11 is 9.11. The van der Waals surface area contributed by atoms with E-state index in [0.717, 1.165) is 6.07 Å². The Balaban J connectivity index is 1.98. The van der Waals surface area contributed by atoms with E-state index in [1.807, 2.05) is 0 Å². The van der Waals surface area contributed by atoms with Crippen molar-refractivity contribution in [1.82, 2.24) is 9.80 Å². The molecule has 23 heavy (non-hydrogen) atoms. The normalized spacial score (nSPS) is 21.0. The van der Waals surface area contributed by atoms with Crippen LogP contribution in [0.2, 0.25) is 5.02 Å². The van der Waals surface area contributed by atoms with Gasteiger partial charge in [0.1, 0.15) is 10.8 Å². The fraction of sp³-hybridized carbons (Fsp3) is 0.429. The number of amides is 2. The van der Waals surface area contributed by atoms with Crippen LogP contribution in [0.1, 0.15) is 16.8 Å². The zero-order valence-corrected chi connectivity index (χ0v) is 14.2. The molecule has 0 saturated carbocycles. The lowest BCUT2D eigenvalue weighted by atomic mass is 10.0. The minimum absolute atomic E-state index is 0.0240. The fourth-order valence-electron chi connectivity index (χ4n) is 2.87. The van der Waals surface area contributed by atoms with Gasteiger partial charge < -0.3 is 19.6 Å². The maximum Gasteiger partial charge on any atom is 0.407 e. The van der Waals surface area contributed by atoms with Crippen molar-refractivity contribution in [2.75, 3.05) is 26.2 Å². The third kappa shape index (κ3) is 2.85. The highest BCUT2D eigenvalue weighted by atomic mass is 79.9. The quantitative estimate of drug-likeness (QED) is 0.672. The number of halogens is 3. The maximum absolute atomic E-state index is 13.9. The topological polar surface area (TPSA) is 70.1 Å². The highest BCUT2D eigenvalue weighted by Crippen LogP contribution is 2.39. The Morgan fingerprint density at radius 2 is 2.22 bits per heavy atom. The Hall–Kier alpha value is -1.54. The highest BCUT2D eigenvalue weighted by molar-refractivity contribution is 9.10. The molecule has 1 N–H and O–H groups in total. The smallest absolute Gasteiger partial charge is 0.407 e. The number of hydrogen-bond acceptors (Lipinski definition) is 3. The first kappa shape index (κ1) is 16.3. The molecule has 1 saturated heterocycles. The van der Waals surface area contributed by atoms with Crippen molar-refractivity contribution in [1.29, 1.82) is 0 Å². The van der Waals surface area contributed by atoms with Crippen LogP contribution in [0.25, 0.3) is 0 Å². The summed E-state index contributed by atoms with van der Waals surface area (Å²) in [5, 5.41) is 9.12. The van der Waals surface area contributed by atoms with Crippen LogP contribution in [0, 0.1) is 5.82 Å². The minimum Gasteiger partial charge on any atom is -0.491 e. The molecule has 1 aromatic carbocycles. The largest absolute Gasteiger partial charge is 0.491 e. The minimum atomic E-state index is -1.02. The molecule has 0 radical (unpaired) electrons. The molecule has 1 fully saturated rings. The Bertz CT molecular complexity index is 687. The number of piperazine rings is 1. The molecule has 6 nitrogen and oxygen atoms in total. The molecule has 3 rings (SSSR count). The molecule has 1 aromatic rings. The molecule has 2 aliphatic rings. The van der Waals surface area contributed by atoms with E-state index in [-0.39, 0.29) is 53.1 Å². The molecule has 0 unspecified atom stereocenters. The Labute approximate surface area is 144 Å². The van der Waals surface area contributed by atoms with E-state index in [9.17, 15) is 14.0 Å². The van der Waals surface area contributed by atoms with E-state index < -0.39 is 17.8 Å². The molecule has 2 amide bonds. The lowest BCUT2D eigenvalue weighted by Crippen LogP contribution is -2.57. The van der Waals surface area contributed by atoms with Gasteiger partial charge in [-0.1, -0.05) is 11.6 Å². The standard InChI is InChI=1S/C14H13BrClFN2O4/c15-10-9(17)5-8-12(11(10)16)23-4-1-7-6-18(14(21)22)2-3-19(7)13(8)20/h5,7H,1-4,6H2,(H,21,22)/t7-/m0/s1. The number of carbonyl (C=O) groups is 2. The fourth-order valence-corrected chi connectivity index (χ4v) is 3.41. The summed E-state index contributed by atoms with van der Waals surface area (Å²) in [5.74, 6) is -0.890. The van der Waals surface area contributed by atoms with Crippen LogP contribution in [-0.4, -0.2) is 59.2 Å². The maximum atomic E-state index is 13.9. The van der Waals surface area contributed by atoms with Crippen LogP contribution < -0.4 is 4.74 Å². The summed E-state index contributed by atoms with van der Waals surface area (Å²) in [5.41, 5.74) is 0.0594. The zero-order chi connectivity index (χ0) is 16.7. The molecule has 2 aliphatic heterocycles. The highest BCUT2D eigenvalue weighted by Gasteiger charge is 2.36. The van der Waals surface area contributed by atoms with E-state index in [4.69, 9.17) is 21.4 Å². The second-order valence-electron chi connectivity index (χ2n) is 5.38. The second-order valence-corrected chi connectivity index (χ2v) is 6.55. The summed E-state index contributed by atoms with van der Waals surface area (Å²) in [6.45, 7) is 0.949. The SMILES string of the molecule is O=C(O)N1CCN2C(=O)c3cc(F)c(Br)c(Cl)c3OCC[C@H]2C1. The predicted molar refractivity (Wildman–Crippen MR) is 83.6 cm³/mol. The van der Waals surface area contributed by atoms with Gasteiger partial charge in [0.2, 0.25) is 0 Å². The van der Waals surface area contributed by atoms with Crippen molar-refractivity contribution < 1.29 is 23.8 Å². The van der Waals surface area contributed by atoms with Crippen molar-refractivity contribution in [3.8, 4) is 5.75 Å². The lowest BCUT2D eigenvalue weighted by Gasteiger charge is -2.41. The first-order valence-electron chi connectivity index (χ1n) is 6.99. The molecule has 0 bridgehead atoms. The Morgan fingerprint density at radius 3 is 2.91 bits per heavy atom. The molecule has 1 atom stereocenters. The van der Waals surface area contributed by atoms with Crippen LogP contribution in [0.5, 0.6) is 5.75 Å². The van der Waals surface area contributed by atoms with E-state index in [1.165, 1.54) is 4.90 Å². The molecule has 9 heteroatoms. The number of hydrogen-bond donors (Lipinski definition) is 1. The van der Waals surface area contributed by atoms with Crippen molar-refractivity contribution in [2.45, 2.75) is 12.5 Å². The zero-order valence-electron chi connectivity index (χ0n) is 11.9. The predicted octanol–water partition coefficient (Wildman–Crippen LogP) is 2.83. The molecule has 2 heterocycles. The van der Waals surface area contributed by atoms with Crippen LogP contribution in [0.15, 0.2) is 10.5 Å². The average Bonchev–Trinajstić information content (AvgIpc) is 2.52. The molecular formula is C14H13BrClFN2O4. The summed E-state index contributed by atoms with van der Waals surface area (Å²) < 4.78 is 19.5. The van der Waals surface area contributed by atoms with Crippen molar-refractivity contribution in [3.05, 3.63) is 26.9 Å². The van der Waals surface area contributed by atoms with Gasteiger partial charge in [0.25, 0.3) is 5.91 Å². The number of ether oxygens (including phenoxy) is 1. The summed E-state index contributed by atoms with van der Waals surface area (Å²) in [6, 6.07) is 0.797. The average molecular weight is 408 g/mol. The van der Waals surface area contributed by atoms with Gasteiger partial charge in [0, 0.05) is 26.1 Å². The Morgan fingerprint density at radius 1 is 1.48 bits per heavy atom. The molecule has 0 spiro atoms. The van der Waals surface area contributed by atoms with Crippen LogP contribution >= 0.6 is 27.5 Å². The van der Waals surface area contributed by atoms with E-state index >= 15 is 0 Å². The third-order valence-electron chi connectivity index (χ3n) is 4.06. The van der Waals surface area contributed by atoms with Gasteiger partial charge in [0.05, 0.1) is 22.7 Å². The van der Waals surface area contributed by atoms with E-state index in [0.29, 0.717) is 6.42 Å². The monoisotopic (exact) mass is 406 g/mol. The number of carboxylic acid groups (broad SMARTS) is 1. The van der Waals surface area contributed by atoms with Gasteiger partial charge in [-0.2, -0.15) is 0 Å². The van der Waals surface area contributed by atoms with Crippen molar-refractivity contribution >= 4 is 39.5 Å². The van der Waals surface area contributed by atoms with Gasteiger partial charge >= 0.3 is 6.09 Å². The summed E-state index contributed by atoms with van der Waals surface area (Å²) in [4.78, 5) is 26.7. The first-order chi connectivity index (χ1) is 10.9.